The highest BCUT2D eigenvalue weighted by Gasteiger charge is 2.13. The molecule has 0 bridgehead atoms. The van der Waals surface area contributed by atoms with Crippen molar-refractivity contribution in [3.8, 4) is 0 Å². The highest BCUT2D eigenvalue weighted by atomic mass is 79.9. The van der Waals surface area contributed by atoms with Crippen molar-refractivity contribution in [1.82, 2.24) is 5.32 Å². The molecule has 21 heavy (non-hydrogen) atoms. The number of hydrogen-bond donors (Lipinski definition) is 2. The van der Waals surface area contributed by atoms with Gasteiger partial charge in [-0.2, -0.15) is 0 Å². The maximum atomic E-state index is 11.9. The van der Waals surface area contributed by atoms with Crippen LogP contribution in [0.5, 0.6) is 0 Å². The third kappa shape index (κ3) is 6.56. The second-order valence-electron chi connectivity index (χ2n) is 4.95. The van der Waals surface area contributed by atoms with E-state index in [2.05, 4.69) is 21.2 Å². The van der Waals surface area contributed by atoms with Gasteiger partial charge in [-0.3, -0.25) is 4.79 Å². The largest absolute Gasteiger partial charge is 0.379 e. The first kappa shape index (κ1) is 18.1. The minimum Gasteiger partial charge on any atom is -0.379 e. The average Bonchev–Trinajstić information content (AvgIpc) is 2.36. The molecule has 0 spiro atoms. The number of nitrogens with two attached hydrogens (primary N) is 1. The smallest absolute Gasteiger partial charge is 0.251 e. The van der Waals surface area contributed by atoms with Crippen molar-refractivity contribution in [2.24, 2.45) is 11.1 Å². The molecule has 0 fully saturated rings. The first-order valence-electron chi connectivity index (χ1n) is 6.39. The summed E-state index contributed by atoms with van der Waals surface area (Å²) in [5, 5.41) is 7.72. The fraction of sp³-hybridized carbons (Fsp3) is 0.462. The molecule has 0 saturated carbocycles. The summed E-state index contributed by atoms with van der Waals surface area (Å²) in [5.41, 5.74) is 0.220. The molecule has 0 aliphatic rings. The fourth-order valence-electron chi connectivity index (χ4n) is 1.52. The normalized spacial score (nSPS) is 11.7. The molecule has 0 saturated heterocycles. The van der Waals surface area contributed by atoms with E-state index in [4.69, 9.17) is 9.88 Å². The number of sulfonamides is 1. The number of nitrogens with one attached hydrogen (secondary N) is 1. The van der Waals surface area contributed by atoms with Crippen molar-refractivity contribution >= 4 is 31.9 Å². The Bertz CT molecular complexity index is 602. The zero-order valence-corrected chi connectivity index (χ0v) is 14.3. The van der Waals surface area contributed by atoms with E-state index in [1.54, 1.807) is 0 Å². The summed E-state index contributed by atoms with van der Waals surface area (Å²) in [4.78, 5) is 11.8. The summed E-state index contributed by atoms with van der Waals surface area (Å²) in [6.45, 7) is 5.45. The predicted octanol–water partition coefficient (Wildman–Crippen LogP) is 1.50. The lowest BCUT2D eigenvalue weighted by atomic mass is 10.2. The van der Waals surface area contributed by atoms with Gasteiger partial charge in [-0.25, -0.2) is 13.6 Å². The summed E-state index contributed by atoms with van der Waals surface area (Å²) < 4.78 is 28.5. The molecule has 0 heterocycles. The summed E-state index contributed by atoms with van der Waals surface area (Å²) in [6, 6.07) is 4.11. The molecular formula is C13H19BrN2O4S. The molecule has 1 aromatic carbocycles. The summed E-state index contributed by atoms with van der Waals surface area (Å²) in [7, 11) is -3.85. The molecule has 0 aliphatic heterocycles. The fourth-order valence-corrected chi connectivity index (χ4v) is 2.74. The van der Waals surface area contributed by atoms with Crippen LogP contribution in [0.1, 0.15) is 24.2 Å². The van der Waals surface area contributed by atoms with Crippen molar-refractivity contribution in [1.29, 1.82) is 0 Å². The van der Waals surface area contributed by atoms with E-state index < -0.39 is 10.0 Å². The summed E-state index contributed by atoms with van der Waals surface area (Å²) >= 11 is 3.16. The molecule has 118 valence electrons. The van der Waals surface area contributed by atoms with Crippen LogP contribution in [0.15, 0.2) is 27.6 Å². The van der Waals surface area contributed by atoms with Crippen LogP contribution in [0, 0.1) is 5.92 Å². The van der Waals surface area contributed by atoms with Gasteiger partial charge in [0, 0.05) is 23.2 Å². The molecule has 0 aromatic heterocycles. The second-order valence-corrected chi connectivity index (χ2v) is 7.42. The number of rotatable bonds is 7. The number of halogens is 1. The van der Waals surface area contributed by atoms with E-state index >= 15 is 0 Å². The maximum absolute atomic E-state index is 11.9. The van der Waals surface area contributed by atoms with Crippen LogP contribution >= 0.6 is 15.9 Å². The van der Waals surface area contributed by atoms with Crippen molar-refractivity contribution in [3.05, 3.63) is 28.2 Å². The Labute approximate surface area is 133 Å². The minimum absolute atomic E-state index is 0.113. The summed E-state index contributed by atoms with van der Waals surface area (Å²) in [6.07, 6.45) is 0. The van der Waals surface area contributed by atoms with Gasteiger partial charge in [0.05, 0.1) is 11.5 Å². The Morgan fingerprint density at radius 3 is 2.62 bits per heavy atom. The topological polar surface area (TPSA) is 98.5 Å². The molecule has 6 nitrogen and oxygen atoms in total. The van der Waals surface area contributed by atoms with Crippen molar-refractivity contribution < 1.29 is 17.9 Å². The Balaban J connectivity index is 2.64. The summed E-state index contributed by atoms with van der Waals surface area (Å²) in [5.74, 6) is 0.0532. The molecule has 0 unspecified atom stereocenters. The van der Waals surface area contributed by atoms with Crippen LogP contribution in [-0.4, -0.2) is 34.1 Å². The number of benzene rings is 1. The van der Waals surface area contributed by atoms with Gasteiger partial charge in [-0.15, -0.1) is 0 Å². The lowest BCUT2D eigenvalue weighted by molar-refractivity contribution is 0.0886. The molecule has 1 amide bonds. The number of primary sulfonamides is 1. The lowest BCUT2D eigenvalue weighted by Crippen LogP contribution is -2.28. The average molecular weight is 379 g/mol. The van der Waals surface area contributed by atoms with Gasteiger partial charge in [0.15, 0.2) is 0 Å². The Morgan fingerprint density at radius 2 is 2.05 bits per heavy atom. The number of ether oxygens (including phenoxy) is 1. The van der Waals surface area contributed by atoms with Gasteiger partial charge in [0.1, 0.15) is 0 Å². The molecule has 0 atom stereocenters. The van der Waals surface area contributed by atoms with Crippen LogP contribution < -0.4 is 10.5 Å². The molecular weight excluding hydrogens is 360 g/mol. The van der Waals surface area contributed by atoms with Gasteiger partial charge in [0.2, 0.25) is 10.0 Å². The third-order valence-corrected chi connectivity index (χ3v) is 3.80. The van der Waals surface area contributed by atoms with Gasteiger partial charge in [-0.1, -0.05) is 29.8 Å². The number of carbonyl (C=O) groups is 1. The van der Waals surface area contributed by atoms with Gasteiger partial charge in [0.25, 0.3) is 5.91 Å². The molecule has 0 aliphatic carbocycles. The number of amides is 1. The van der Waals surface area contributed by atoms with Gasteiger partial charge >= 0.3 is 0 Å². The molecule has 3 N–H and O–H groups in total. The van der Waals surface area contributed by atoms with Gasteiger partial charge in [-0.05, 0) is 24.1 Å². The van der Waals surface area contributed by atoms with Crippen molar-refractivity contribution in [3.63, 3.8) is 0 Å². The first-order chi connectivity index (χ1) is 9.70. The molecule has 0 radical (unpaired) electrons. The maximum Gasteiger partial charge on any atom is 0.251 e. The van der Waals surface area contributed by atoms with E-state index in [-0.39, 0.29) is 16.4 Å². The first-order valence-corrected chi connectivity index (χ1v) is 8.73. The van der Waals surface area contributed by atoms with Crippen LogP contribution in [0.2, 0.25) is 0 Å². The highest BCUT2D eigenvalue weighted by Crippen LogP contribution is 2.18. The van der Waals surface area contributed by atoms with E-state index in [9.17, 15) is 13.2 Å². The monoisotopic (exact) mass is 378 g/mol. The Morgan fingerprint density at radius 1 is 1.38 bits per heavy atom. The number of carbonyl (C=O) groups excluding carboxylic acids is 1. The molecule has 1 rings (SSSR count). The SMILES string of the molecule is CC(C)COCCNC(=O)c1cc(Br)cc(S(N)(=O)=O)c1. The quantitative estimate of drug-likeness (QED) is 0.702. The van der Waals surface area contributed by atoms with Crippen molar-refractivity contribution in [2.75, 3.05) is 19.8 Å². The second kappa shape index (κ2) is 7.88. The third-order valence-electron chi connectivity index (χ3n) is 2.45. The lowest BCUT2D eigenvalue weighted by Gasteiger charge is -2.09. The van der Waals surface area contributed by atoms with E-state index in [0.29, 0.717) is 30.1 Å². The molecule has 1 aromatic rings. The molecule has 8 heteroatoms. The number of hydrogen-bond acceptors (Lipinski definition) is 4. The van der Waals surface area contributed by atoms with Crippen LogP contribution in [-0.2, 0) is 14.8 Å². The zero-order valence-electron chi connectivity index (χ0n) is 11.9. The highest BCUT2D eigenvalue weighted by molar-refractivity contribution is 9.10. The Hall–Kier alpha value is -0.960. The van der Waals surface area contributed by atoms with Crippen molar-refractivity contribution in [2.45, 2.75) is 18.7 Å². The predicted molar refractivity (Wildman–Crippen MR) is 83.5 cm³/mol. The standard InChI is InChI=1S/C13H19BrN2O4S/c1-9(2)8-20-4-3-16-13(17)10-5-11(14)7-12(6-10)21(15,18)19/h5-7,9H,3-4,8H2,1-2H3,(H,16,17)(H2,15,18,19). The Kier molecular flexibility index (Phi) is 6.79. The van der Waals surface area contributed by atoms with E-state index in [1.807, 2.05) is 13.8 Å². The van der Waals surface area contributed by atoms with Crippen LogP contribution in [0.3, 0.4) is 0 Å². The van der Waals surface area contributed by atoms with Crippen LogP contribution in [0.25, 0.3) is 0 Å². The van der Waals surface area contributed by atoms with E-state index in [0.717, 1.165) is 0 Å². The van der Waals surface area contributed by atoms with Crippen LogP contribution in [0.4, 0.5) is 0 Å². The van der Waals surface area contributed by atoms with Gasteiger partial charge < -0.3 is 10.1 Å². The van der Waals surface area contributed by atoms with E-state index in [1.165, 1.54) is 18.2 Å². The minimum atomic E-state index is -3.85. The zero-order chi connectivity index (χ0) is 16.0.